The van der Waals surface area contributed by atoms with Crippen LogP contribution >= 0.6 is 0 Å². The average Bonchev–Trinajstić information content (AvgIpc) is 2.99. The van der Waals surface area contributed by atoms with E-state index in [2.05, 4.69) is 20.6 Å². The molecule has 134 valence electrons. The molecule has 2 aliphatic heterocycles. The molecule has 0 atom stereocenters. The third kappa shape index (κ3) is 3.98. The molecule has 0 saturated carbocycles. The summed E-state index contributed by atoms with van der Waals surface area (Å²) >= 11 is 0. The second kappa shape index (κ2) is 7.66. The first-order valence-electron chi connectivity index (χ1n) is 9.21. The van der Waals surface area contributed by atoms with Crippen LogP contribution in [0.25, 0.3) is 0 Å². The van der Waals surface area contributed by atoms with Crippen LogP contribution in [0.3, 0.4) is 0 Å². The van der Waals surface area contributed by atoms with Gasteiger partial charge in [0.05, 0.1) is 6.61 Å². The highest BCUT2D eigenvalue weighted by Crippen LogP contribution is 2.40. The number of imidazole rings is 1. The first-order chi connectivity index (χ1) is 11.6. The van der Waals surface area contributed by atoms with E-state index in [0.717, 1.165) is 51.4 Å². The van der Waals surface area contributed by atoms with Crippen LogP contribution in [0, 0.1) is 12.3 Å². The van der Waals surface area contributed by atoms with E-state index in [1.165, 1.54) is 12.8 Å². The number of hydrogen-bond donors (Lipinski definition) is 1. The minimum Gasteiger partial charge on any atom is -0.395 e. The lowest BCUT2D eigenvalue weighted by atomic mass is 9.72. The molecule has 6 nitrogen and oxygen atoms in total. The summed E-state index contributed by atoms with van der Waals surface area (Å²) in [4.78, 5) is 20.7. The van der Waals surface area contributed by atoms with Gasteiger partial charge in [0.1, 0.15) is 5.82 Å². The highest BCUT2D eigenvalue weighted by atomic mass is 16.3. The number of carbonyl (C=O) groups excluding carboxylic acids is 1. The van der Waals surface area contributed by atoms with Gasteiger partial charge in [0.25, 0.3) is 0 Å². The first-order valence-corrected chi connectivity index (χ1v) is 9.21. The van der Waals surface area contributed by atoms with Crippen LogP contribution in [-0.4, -0.2) is 69.7 Å². The quantitative estimate of drug-likeness (QED) is 0.851. The molecule has 1 aromatic rings. The smallest absolute Gasteiger partial charge is 0.222 e. The van der Waals surface area contributed by atoms with E-state index in [1.807, 2.05) is 18.0 Å². The molecule has 1 N–H and O–H groups in total. The highest BCUT2D eigenvalue weighted by molar-refractivity contribution is 5.77. The fourth-order valence-corrected chi connectivity index (χ4v) is 4.19. The summed E-state index contributed by atoms with van der Waals surface area (Å²) in [7, 11) is 0. The maximum atomic E-state index is 12.0. The largest absolute Gasteiger partial charge is 0.395 e. The summed E-state index contributed by atoms with van der Waals surface area (Å²) in [5, 5.41) is 9.15. The van der Waals surface area contributed by atoms with E-state index in [-0.39, 0.29) is 12.5 Å². The zero-order valence-corrected chi connectivity index (χ0v) is 14.8. The maximum absolute atomic E-state index is 12.0. The number of aliphatic hydroxyl groups excluding tert-OH is 1. The van der Waals surface area contributed by atoms with Crippen LogP contribution in [0.15, 0.2) is 12.4 Å². The van der Waals surface area contributed by atoms with Crippen molar-refractivity contribution in [1.29, 1.82) is 0 Å². The number of aryl methyl sites for hydroxylation is 2. The maximum Gasteiger partial charge on any atom is 0.222 e. The van der Waals surface area contributed by atoms with Gasteiger partial charge in [-0.25, -0.2) is 4.98 Å². The van der Waals surface area contributed by atoms with Crippen LogP contribution in [0.1, 0.15) is 37.9 Å². The van der Waals surface area contributed by atoms with Gasteiger partial charge in [0.15, 0.2) is 0 Å². The normalized spacial score (nSPS) is 21.6. The number of amides is 1. The summed E-state index contributed by atoms with van der Waals surface area (Å²) in [6.07, 6.45) is 9.09. The van der Waals surface area contributed by atoms with Crippen LogP contribution in [0.4, 0.5) is 0 Å². The van der Waals surface area contributed by atoms with Crippen LogP contribution in [0.5, 0.6) is 0 Å². The fourth-order valence-electron chi connectivity index (χ4n) is 4.19. The topological polar surface area (TPSA) is 61.6 Å². The summed E-state index contributed by atoms with van der Waals surface area (Å²) in [6, 6.07) is 0. The third-order valence-corrected chi connectivity index (χ3v) is 5.83. The predicted octanol–water partition coefficient (Wildman–Crippen LogP) is 1.28. The lowest BCUT2D eigenvalue weighted by Crippen LogP contribution is -2.52. The minimum absolute atomic E-state index is 0.0710. The molecule has 0 bridgehead atoms. The molecule has 3 heterocycles. The molecule has 1 amide bonds. The summed E-state index contributed by atoms with van der Waals surface area (Å²) in [5.41, 5.74) is 0.292. The Hall–Kier alpha value is -1.40. The Morgan fingerprint density at radius 3 is 2.67 bits per heavy atom. The van der Waals surface area contributed by atoms with Crippen molar-refractivity contribution >= 4 is 5.91 Å². The molecule has 2 saturated heterocycles. The molecular weight excluding hydrogens is 304 g/mol. The predicted molar refractivity (Wildman–Crippen MR) is 92.6 cm³/mol. The Kier molecular flexibility index (Phi) is 5.56. The van der Waals surface area contributed by atoms with Gasteiger partial charge in [-0.15, -0.1) is 0 Å². The minimum atomic E-state index is 0.0710. The molecule has 2 aliphatic rings. The number of hydrogen-bond acceptors (Lipinski definition) is 4. The van der Waals surface area contributed by atoms with E-state index >= 15 is 0 Å². The Morgan fingerprint density at radius 1 is 1.21 bits per heavy atom. The third-order valence-electron chi connectivity index (χ3n) is 5.83. The molecule has 0 radical (unpaired) electrons. The van der Waals surface area contributed by atoms with Gasteiger partial charge in [-0.05, 0) is 57.7 Å². The summed E-state index contributed by atoms with van der Waals surface area (Å²) in [6.45, 7) is 7.88. The molecule has 3 rings (SSSR count). The summed E-state index contributed by atoms with van der Waals surface area (Å²) in [5.74, 6) is 1.30. The number of β-amino-alcohol motifs (C(OH)–C–C–N with tert-alkyl or cyclic N) is 1. The number of aromatic nitrogens is 2. The molecule has 1 spiro atoms. The number of carbonyl (C=O) groups is 1. The number of piperidine rings is 2. The van der Waals surface area contributed by atoms with Gasteiger partial charge in [-0.3, -0.25) is 4.79 Å². The zero-order chi connectivity index (χ0) is 17.0. The summed E-state index contributed by atoms with van der Waals surface area (Å²) < 4.78 is 2.21. The number of nitrogens with zero attached hydrogens (tertiary/aromatic N) is 4. The molecular formula is C18H30N4O2. The van der Waals surface area contributed by atoms with Crippen molar-refractivity contribution in [3.8, 4) is 0 Å². The van der Waals surface area contributed by atoms with Crippen LogP contribution < -0.4 is 0 Å². The van der Waals surface area contributed by atoms with Crippen molar-refractivity contribution in [2.45, 2.75) is 45.6 Å². The Morgan fingerprint density at radius 2 is 2.00 bits per heavy atom. The zero-order valence-electron chi connectivity index (χ0n) is 14.8. The van der Waals surface area contributed by atoms with Crippen molar-refractivity contribution in [3.05, 3.63) is 18.2 Å². The number of aliphatic hydroxyl groups is 1. The lowest BCUT2D eigenvalue weighted by Gasteiger charge is -2.47. The highest BCUT2D eigenvalue weighted by Gasteiger charge is 2.40. The van der Waals surface area contributed by atoms with E-state index in [4.69, 9.17) is 5.11 Å². The van der Waals surface area contributed by atoms with Gasteiger partial charge in [-0.2, -0.15) is 0 Å². The van der Waals surface area contributed by atoms with E-state index < -0.39 is 0 Å². The Bertz CT molecular complexity index is 549. The Balaban J connectivity index is 1.43. The van der Waals surface area contributed by atoms with E-state index in [0.29, 0.717) is 18.4 Å². The van der Waals surface area contributed by atoms with Gasteiger partial charge < -0.3 is 19.5 Å². The standard InChI is InChI=1S/C18H30N4O2/c1-16-19-7-12-21(16)9-2-8-20-10-5-18(6-11-20)4-3-17(24)22(15-18)13-14-23/h7,12,23H,2-6,8-11,13-15H2,1H3. The number of likely N-dealkylation sites (tertiary alicyclic amines) is 2. The SMILES string of the molecule is Cc1nccn1CCCN1CCC2(CCC(=O)N(CCO)C2)CC1. The van der Waals surface area contributed by atoms with Crippen molar-refractivity contribution in [3.63, 3.8) is 0 Å². The van der Waals surface area contributed by atoms with Crippen LogP contribution in [0.2, 0.25) is 0 Å². The van der Waals surface area contributed by atoms with Crippen molar-refractivity contribution in [2.75, 3.05) is 39.3 Å². The molecule has 0 unspecified atom stereocenters. The molecule has 0 aliphatic carbocycles. The number of rotatable bonds is 6. The van der Waals surface area contributed by atoms with Gasteiger partial charge in [0.2, 0.25) is 5.91 Å². The second-order valence-electron chi connectivity index (χ2n) is 7.40. The first kappa shape index (κ1) is 17.4. The molecule has 6 heteroatoms. The molecule has 1 aromatic heterocycles. The average molecular weight is 334 g/mol. The van der Waals surface area contributed by atoms with E-state index in [9.17, 15) is 4.79 Å². The Labute approximate surface area is 144 Å². The lowest BCUT2D eigenvalue weighted by molar-refractivity contribution is -0.139. The van der Waals surface area contributed by atoms with Gasteiger partial charge in [-0.1, -0.05) is 0 Å². The van der Waals surface area contributed by atoms with Gasteiger partial charge >= 0.3 is 0 Å². The van der Waals surface area contributed by atoms with Gasteiger partial charge in [0, 0.05) is 38.4 Å². The molecule has 24 heavy (non-hydrogen) atoms. The van der Waals surface area contributed by atoms with Crippen LogP contribution in [-0.2, 0) is 11.3 Å². The van der Waals surface area contributed by atoms with Crippen molar-refractivity contribution in [2.24, 2.45) is 5.41 Å². The monoisotopic (exact) mass is 334 g/mol. The second-order valence-corrected chi connectivity index (χ2v) is 7.40. The van der Waals surface area contributed by atoms with Crippen molar-refractivity contribution < 1.29 is 9.90 Å². The van der Waals surface area contributed by atoms with Crippen molar-refractivity contribution in [1.82, 2.24) is 19.4 Å². The van der Waals surface area contributed by atoms with E-state index in [1.54, 1.807) is 0 Å². The molecule has 0 aromatic carbocycles. The molecule has 2 fully saturated rings. The fraction of sp³-hybridized carbons (Fsp3) is 0.778.